The monoisotopic (exact) mass is 464 g/mol. The van der Waals surface area contributed by atoms with Gasteiger partial charge in [0.25, 0.3) is 5.91 Å². The Balaban J connectivity index is 1.41. The molecule has 0 bridgehead atoms. The minimum atomic E-state index is -0.618. The predicted molar refractivity (Wildman–Crippen MR) is 141 cm³/mol. The molecule has 1 aromatic heterocycles. The molecule has 0 spiro atoms. The molecule has 35 heavy (non-hydrogen) atoms. The number of hydrogen-bond donors (Lipinski definition) is 2. The number of aromatic nitrogens is 1. The molecule has 0 saturated carbocycles. The van der Waals surface area contributed by atoms with Gasteiger partial charge in [0.05, 0.1) is 11.2 Å². The quantitative estimate of drug-likeness (QED) is 0.375. The largest absolute Gasteiger partial charge is 0.368 e. The third-order valence-electron chi connectivity index (χ3n) is 6.41. The number of para-hydroxylation sites is 1. The lowest BCUT2D eigenvalue weighted by molar-refractivity contribution is -0.119. The van der Waals surface area contributed by atoms with Crippen molar-refractivity contribution >= 4 is 39.8 Å². The summed E-state index contributed by atoms with van der Waals surface area (Å²) in [6, 6.07) is 24.5. The number of carbonyl (C=O) groups excluding carboxylic acids is 2. The van der Waals surface area contributed by atoms with Crippen LogP contribution in [0.25, 0.3) is 10.9 Å². The van der Waals surface area contributed by atoms with Crippen LogP contribution in [0, 0.1) is 6.92 Å². The molecular weight excluding hydrogens is 436 g/mol. The Morgan fingerprint density at radius 3 is 2.60 bits per heavy atom. The van der Waals surface area contributed by atoms with Crippen molar-refractivity contribution in [1.29, 1.82) is 0 Å². The Morgan fingerprint density at radius 1 is 0.971 bits per heavy atom. The van der Waals surface area contributed by atoms with Gasteiger partial charge in [-0.2, -0.15) is 0 Å². The Kier molecular flexibility index (Phi) is 6.44. The maximum atomic E-state index is 13.5. The van der Waals surface area contributed by atoms with Crippen molar-refractivity contribution in [3.05, 3.63) is 96.2 Å². The van der Waals surface area contributed by atoms with Crippen LogP contribution in [0.15, 0.2) is 85.1 Å². The first kappa shape index (κ1) is 22.6. The number of piperidine rings is 1. The van der Waals surface area contributed by atoms with Gasteiger partial charge in [0.15, 0.2) is 0 Å². The van der Waals surface area contributed by atoms with Gasteiger partial charge in [-0.3, -0.25) is 14.6 Å². The highest BCUT2D eigenvalue weighted by molar-refractivity contribution is 6.00. The maximum Gasteiger partial charge on any atom is 0.251 e. The number of carbonyl (C=O) groups is 2. The van der Waals surface area contributed by atoms with Gasteiger partial charge in [-0.05, 0) is 61.2 Å². The third kappa shape index (κ3) is 4.87. The van der Waals surface area contributed by atoms with Crippen molar-refractivity contribution in [1.82, 2.24) is 4.98 Å². The normalized spacial score (nSPS) is 14.5. The molecule has 0 aliphatic carbocycles. The van der Waals surface area contributed by atoms with Gasteiger partial charge >= 0.3 is 0 Å². The van der Waals surface area contributed by atoms with E-state index in [0.29, 0.717) is 12.1 Å². The first-order valence-corrected chi connectivity index (χ1v) is 12.0. The second-order valence-electron chi connectivity index (χ2n) is 8.86. The molecule has 6 nitrogen and oxygen atoms in total. The zero-order chi connectivity index (χ0) is 24.2. The van der Waals surface area contributed by atoms with Gasteiger partial charge in [-0.15, -0.1) is 0 Å². The molecule has 4 aromatic rings. The Bertz CT molecular complexity index is 1360. The van der Waals surface area contributed by atoms with Crippen molar-refractivity contribution in [2.24, 2.45) is 0 Å². The second kappa shape index (κ2) is 9.97. The van der Waals surface area contributed by atoms with Crippen LogP contribution < -0.4 is 15.5 Å². The van der Waals surface area contributed by atoms with Crippen molar-refractivity contribution in [2.45, 2.75) is 32.2 Å². The summed E-state index contributed by atoms with van der Waals surface area (Å²) in [5.74, 6) is -0.0153. The minimum Gasteiger partial charge on any atom is -0.368 e. The van der Waals surface area contributed by atoms with Gasteiger partial charge in [0, 0.05) is 35.9 Å². The summed E-state index contributed by atoms with van der Waals surface area (Å²) in [7, 11) is 0. The smallest absolute Gasteiger partial charge is 0.251 e. The summed E-state index contributed by atoms with van der Waals surface area (Å²) in [6.07, 6.45) is 4.30. The zero-order valence-electron chi connectivity index (χ0n) is 19.7. The molecule has 1 saturated heterocycles. The van der Waals surface area contributed by atoms with Crippen LogP contribution in [0.5, 0.6) is 0 Å². The topological polar surface area (TPSA) is 74.3 Å². The molecule has 176 valence electrons. The second-order valence-corrected chi connectivity index (χ2v) is 8.86. The molecule has 1 fully saturated rings. The average molecular weight is 465 g/mol. The fraction of sp³-hybridized carbons (Fsp3) is 0.207. The zero-order valence-corrected chi connectivity index (χ0v) is 19.7. The van der Waals surface area contributed by atoms with Crippen molar-refractivity contribution < 1.29 is 9.59 Å². The summed E-state index contributed by atoms with van der Waals surface area (Å²) in [5, 5.41) is 7.48. The summed E-state index contributed by atoms with van der Waals surface area (Å²) in [5.41, 5.74) is 5.02. The number of aryl methyl sites for hydroxylation is 1. The summed E-state index contributed by atoms with van der Waals surface area (Å²) < 4.78 is 0. The fourth-order valence-corrected chi connectivity index (χ4v) is 4.63. The number of amides is 2. The summed E-state index contributed by atoms with van der Waals surface area (Å²) >= 11 is 0. The average Bonchev–Trinajstić information content (AvgIpc) is 2.88. The van der Waals surface area contributed by atoms with Crippen LogP contribution >= 0.6 is 0 Å². The molecule has 6 heteroatoms. The van der Waals surface area contributed by atoms with E-state index >= 15 is 0 Å². The molecule has 3 aromatic carbocycles. The van der Waals surface area contributed by atoms with Crippen LogP contribution in [0.4, 0.5) is 17.1 Å². The number of nitrogens with one attached hydrogen (secondary N) is 2. The van der Waals surface area contributed by atoms with E-state index in [4.69, 9.17) is 0 Å². The lowest BCUT2D eigenvalue weighted by Gasteiger charge is -2.28. The maximum absolute atomic E-state index is 13.5. The van der Waals surface area contributed by atoms with Crippen LogP contribution in [0.3, 0.4) is 0 Å². The number of fused-ring (bicyclic) bond motifs is 1. The van der Waals surface area contributed by atoms with Crippen LogP contribution in [-0.4, -0.2) is 23.3 Å². The predicted octanol–water partition coefficient (Wildman–Crippen LogP) is 5.85. The standard InChI is InChI=1S/C29H28N4O2/c1-20-19-23(15-16-25(20)33-18-6-5-14-26(33)34)31-29(35)28(22-9-3-2-4-10-22)32-24-13-7-11-21-12-8-17-30-27(21)24/h2-4,7-13,15-17,19,28,32H,5-6,14,18H2,1H3,(H,31,35). The lowest BCUT2D eigenvalue weighted by atomic mass is 10.0. The van der Waals surface area contributed by atoms with Gasteiger partial charge in [0.2, 0.25) is 5.91 Å². The third-order valence-corrected chi connectivity index (χ3v) is 6.41. The van der Waals surface area contributed by atoms with E-state index in [9.17, 15) is 9.59 Å². The van der Waals surface area contributed by atoms with E-state index in [1.807, 2.05) is 90.7 Å². The van der Waals surface area contributed by atoms with E-state index in [2.05, 4.69) is 15.6 Å². The molecule has 1 aliphatic rings. The highest BCUT2D eigenvalue weighted by atomic mass is 16.2. The molecule has 5 rings (SSSR count). The van der Waals surface area contributed by atoms with Crippen molar-refractivity contribution in [2.75, 3.05) is 22.1 Å². The van der Waals surface area contributed by atoms with E-state index < -0.39 is 6.04 Å². The lowest BCUT2D eigenvalue weighted by Crippen LogP contribution is -2.35. The van der Waals surface area contributed by atoms with E-state index in [0.717, 1.165) is 52.8 Å². The van der Waals surface area contributed by atoms with E-state index in [-0.39, 0.29) is 11.8 Å². The molecule has 1 atom stereocenters. The Morgan fingerprint density at radius 2 is 1.80 bits per heavy atom. The molecule has 2 amide bonds. The molecular formula is C29H28N4O2. The SMILES string of the molecule is Cc1cc(NC(=O)C(Nc2cccc3cccnc23)c2ccccc2)ccc1N1CCCCC1=O. The molecule has 2 heterocycles. The molecule has 2 N–H and O–H groups in total. The first-order chi connectivity index (χ1) is 17.1. The highest BCUT2D eigenvalue weighted by Gasteiger charge is 2.24. The molecule has 1 unspecified atom stereocenters. The number of anilines is 3. The summed E-state index contributed by atoms with van der Waals surface area (Å²) in [6.45, 7) is 2.71. The molecule has 1 aliphatic heterocycles. The van der Waals surface area contributed by atoms with Crippen LogP contribution in [0.1, 0.15) is 36.4 Å². The number of nitrogens with zero attached hydrogens (tertiary/aromatic N) is 2. The molecule has 0 radical (unpaired) electrons. The van der Waals surface area contributed by atoms with E-state index in [1.54, 1.807) is 6.20 Å². The van der Waals surface area contributed by atoms with Gasteiger partial charge in [-0.25, -0.2) is 0 Å². The fourth-order valence-electron chi connectivity index (χ4n) is 4.63. The van der Waals surface area contributed by atoms with Crippen LogP contribution in [0.2, 0.25) is 0 Å². The number of hydrogen-bond acceptors (Lipinski definition) is 4. The van der Waals surface area contributed by atoms with Gasteiger partial charge in [0.1, 0.15) is 6.04 Å². The highest BCUT2D eigenvalue weighted by Crippen LogP contribution is 2.29. The van der Waals surface area contributed by atoms with Gasteiger partial charge in [-0.1, -0.05) is 48.5 Å². The number of rotatable bonds is 6. The van der Waals surface area contributed by atoms with Crippen molar-refractivity contribution in [3.63, 3.8) is 0 Å². The Hall–Kier alpha value is -4.19. The number of benzene rings is 3. The van der Waals surface area contributed by atoms with Crippen molar-refractivity contribution in [3.8, 4) is 0 Å². The number of pyridine rings is 1. The van der Waals surface area contributed by atoms with E-state index in [1.165, 1.54) is 0 Å². The first-order valence-electron chi connectivity index (χ1n) is 12.0. The Labute approximate surface area is 205 Å². The summed E-state index contributed by atoms with van der Waals surface area (Å²) in [4.78, 5) is 32.3. The van der Waals surface area contributed by atoms with Gasteiger partial charge < -0.3 is 15.5 Å². The minimum absolute atomic E-state index is 0.160. The van der Waals surface area contributed by atoms with Crippen LogP contribution in [-0.2, 0) is 9.59 Å².